The molecule has 0 amide bonds. The highest BCUT2D eigenvalue weighted by Gasteiger charge is 2.42. The maximum absolute atomic E-state index is 13.3. The van der Waals surface area contributed by atoms with E-state index in [9.17, 15) is 9.50 Å². The number of rotatable bonds is 3. The summed E-state index contributed by atoms with van der Waals surface area (Å²) in [5, 5.41) is 9.77. The van der Waals surface area contributed by atoms with Crippen LogP contribution in [0.5, 0.6) is 5.75 Å². The fourth-order valence-corrected chi connectivity index (χ4v) is 3.08. The highest BCUT2D eigenvalue weighted by Crippen LogP contribution is 2.36. The molecule has 0 bridgehead atoms. The number of aliphatic hydroxyl groups is 1. The van der Waals surface area contributed by atoms with Crippen molar-refractivity contribution in [2.75, 3.05) is 19.8 Å². The summed E-state index contributed by atoms with van der Waals surface area (Å²) in [5.74, 6) is 0.179. The standard InChI is InChI=1S/C16H21FO4/c1-11(18)14-8-12(17)2-3-15(14)21-13-4-6-20-16(9-13)5-7-19-10-16/h2-3,8,11,13,18H,4-7,9-10H2,1H3. The minimum atomic E-state index is -0.765. The smallest absolute Gasteiger partial charge is 0.125 e. The Hall–Kier alpha value is -1.17. The van der Waals surface area contributed by atoms with Gasteiger partial charge in [0.2, 0.25) is 0 Å². The Labute approximate surface area is 123 Å². The van der Waals surface area contributed by atoms with Gasteiger partial charge < -0.3 is 19.3 Å². The van der Waals surface area contributed by atoms with Gasteiger partial charge in [0.05, 0.1) is 24.9 Å². The van der Waals surface area contributed by atoms with E-state index in [1.807, 2.05) is 0 Å². The number of hydrogen-bond donors (Lipinski definition) is 1. The van der Waals surface area contributed by atoms with Crippen molar-refractivity contribution in [3.8, 4) is 5.75 Å². The van der Waals surface area contributed by atoms with Crippen LogP contribution in [0.25, 0.3) is 0 Å². The van der Waals surface area contributed by atoms with E-state index in [0.29, 0.717) is 24.5 Å². The van der Waals surface area contributed by atoms with Gasteiger partial charge in [-0.05, 0) is 25.1 Å². The highest BCUT2D eigenvalue weighted by atomic mass is 19.1. The van der Waals surface area contributed by atoms with Crippen LogP contribution in [-0.2, 0) is 9.47 Å². The lowest BCUT2D eigenvalue weighted by Crippen LogP contribution is -2.44. The van der Waals surface area contributed by atoms with Gasteiger partial charge >= 0.3 is 0 Å². The van der Waals surface area contributed by atoms with Gasteiger partial charge in [-0.15, -0.1) is 0 Å². The summed E-state index contributed by atoms with van der Waals surface area (Å²) >= 11 is 0. The zero-order valence-electron chi connectivity index (χ0n) is 12.2. The molecule has 0 aromatic heterocycles. The lowest BCUT2D eigenvalue weighted by molar-refractivity contribution is -0.112. The van der Waals surface area contributed by atoms with Crippen LogP contribution in [0.2, 0.25) is 0 Å². The van der Waals surface area contributed by atoms with Crippen molar-refractivity contribution >= 4 is 0 Å². The molecule has 3 atom stereocenters. The zero-order valence-corrected chi connectivity index (χ0v) is 12.2. The van der Waals surface area contributed by atoms with Crippen molar-refractivity contribution in [2.45, 2.75) is 44.0 Å². The van der Waals surface area contributed by atoms with Crippen molar-refractivity contribution in [1.29, 1.82) is 0 Å². The third kappa shape index (κ3) is 3.20. The van der Waals surface area contributed by atoms with Gasteiger partial charge in [-0.1, -0.05) is 0 Å². The first-order chi connectivity index (χ1) is 10.1. The molecule has 2 aliphatic rings. The molecule has 0 saturated carbocycles. The molecule has 5 heteroatoms. The molecule has 2 heterocycles. The lowest BCUT2D eigenvalue weighted by atomic mass is 9.91. The maximum atomic E-state index is 13.3. The first-order valence-corrected chi connectivity index (χ1v) is 7.44. The topological polar surface area (TPSA) is 47.9 Å². The Kier molecular flexibility index (Phi) is 4.15. The van der Waals surface area contributed by atoms with Crippen LogP contribution in [-0.4, -0.2) is 36.6 Å². The van der Waals surface area contributed by atoms with Crippen LogP contribution < -0.4 is 4.74 Å². The van der Waals surface area contributed by atoms with Crippen LogP contribution in [0, 0.1) is 5.82 Å². The van der Waals surface area contributed by atoms with Gasteiger partial charge in [0, 0.05) is 31.4 Å². The minimum Gasteiger partial charge on any atom is -0.490 e. The van der Waals surface area contributed by atoms with E-state index < -0.39 is 6.10 Å². The third-order valence-electron chi connectivity index (χ3n) is 4.23. The molecule has 4 nitrogen and oxygen atoms in total. The number of hydrogen-bond acceptors (Lipinski definition) is 4. The molecule has 116 valence electrons. The summed E-state index contributed by atoms with van der Waals surface area (Å²) in [6.45, 7) is 3.58. The van der Waals surface area contributed by atoms with Crippen molar-refractivity contribution in [3.05, 3.63) is 29.6 Å². The monoisotopic (exact) mass is 296 g/mol. The summed E-state index contributed by atoms with van der Waals surface area (Å²) in [5.41, 5.74) is 0.256. The molecule has 2 aliphatic heterocycles. The van der Waals surface area contributed by atoms with E-state index in [1.54, 1.807) is 13.0 Å². The quantitative estimate of drug-likeness (QED) is 0.931. The van der Waals surface area contributed by atoms with E-state index >= 15 is 0 Å². The number of ether oxygens (including phenoxy) is 3. The van der Waals surface area contributed by atoms with Crippen molar-refractivity contribution in [3.63, 3.8) is 0 Å². The van der Waals surface area contributed by atoms with Crippen molar-refractivity contribution in [1.82, 2.24) is 0 Å². The molecule has 2 saturated heterocycles. The van der Waals surface area contributed by atoms with Gasteiger partial charge in [0.25, 0.3) is 0 Å². The van der Waals surface area contributed by atoms with Gasteiger partial charge in [-0.2, -0.15) is 0 Å². The second kappa shape index (κ2) is 5.91. The fourth-order valence-electron chi connectivity index (χ4n) is 3.08. The fraction of sp³-hybridized carbons (Fsp3) is 0.625. The Balaban J connectivity index is 1.74. The number of halogens is 1. The predicted octanol–water partition coefficient (Wildman–Crippen LogP) is 2.60. The molecular weight excluding hydrogens is 275 g/mol. The zero-order chi connectivity index (χ0) is 14.9. The van der Waals surface area contributed by atoms with Gasteiger partial charge in [0.15, 0.2) is 0 Å². The van der Waals surface area contributed by atoms with Crippen molar-refractivity contribution < 1.29 is 23.7 Å². The summed E-state index contributed by atoms with van der Waals surface area (Å²) in [7, 11) is 0. The average molecular weight is 296 g/mol. The van der Waals surface area contributed by atoms with E-state index in [2.05, 4.69) is 0 Å². The second-order valence-electron chi connectivity index (χ2n) is 5.92. The van der Waals surface area contributed by atoms with E-state index in [0.717, 1.165) is 25.9 Å². The van der Waals surface area contributed by atoms with Gasteiger partial charge in [0.1, 0.15) is 17.7 Å². The SMILES string of the molecule is CC(O)c1cc(F)ccc1OC1CCOC2(CCOC2)C1. The first-order valence-electron chi connectivity index (χ1n) is 7.44. The van der Waals surface area contributed by atoms with E-state index in [-0.39, 0.29) is 17.5 Å². The third-order valence-corrected chi connectivity index (χ3v) is 4.23. The van der Waals surface area contributed by atoms with Crippen molar-refractivity contribution in [2.24, 2.45) is 0 Å². The van der Waals surface area contributed by atoms with Crippen LogP contribution in [0.3, 0.4) is 0 Å². The Morgan fingerprint density at radius 2 is 2.29 bits per heavy atom. The summed E-state index contributed by atoms with van der Waals surface area (Å²) in [6.07, 6.45) is 1.68. The van der Waals surface area contributed by atoms with Gasteiger partial charge in [-0.25, -0.2) is 4.39 Å². The largest absolute Gasteiger partial charge is 0.490 e. The minimum absolute atomic E-state index is 0.00316. The molecule has 3 rings (SSSR count). The second-order valence-corrected chi connectivity index (χ2v) is 5.92. The van der Waals surface area contributed by atoms with Crippen LogP contribution >= 0.6 is 0 Å². The van der Waals surface area contributed by atoms with E-state index in [4.69, 9.17) is 14.2 Å². The lowest BCUT2D eigenvalue weighted by Gasteiger charge is -2.37. The molecule has 2 fully saturated rings. The number of aliphatic hydroxyl groups excluding tert-OH is 1. The molecular formula is C16H21FO4. The number of benzene rings is 1. The predicted molar refractivity (Wildman–Crippen MR) is 74.8 cm³/mol. The Bertz CT molecular complexity index is 497. The molecule has 0 aliphatic carbocycles. The molecule has 1 N–H and O–H groups in total. The Morgan fingerprint density at radius 1 is 1.43 bits per heavy atom. The molecule has 1 spiro atoms. The normalized spacial score (nSPS) is 30.5. The molecule has 21 heavy (non-hydrogen) atoms. The van der Waals surface area contributed by atoms with Crippen LogP contribution in [0.15, 0.2) is 18.2 Å². The molecule has 1 aromatic carbocycles. The highest BCUT2D eigenvalue weighted by molar-refractivity contribution is 5.35. The Morgan fingerprint density at radius 3 is 3.00 bits per heavy atom. The van der Waals surface area contributed by atoms with Gasteiger partial charge in [-0.3, -0.25) is 0 Å². The molecule has 1 aromatic rings. The molecule has 0 radical (unpaired) electrons. The summed E-state index contributed by atoms with van der Waals surface area (Å²) in [4.78, 5) is 0. The van der Waals surface area contributed by atoms with Crippen LogP contribution in [0.1, 0.15) is 37.9 Å². The average Bonchev–Trinajstić information content (AvgIpc) is 2.88. The van der Waals surface area contributed by atoms with E-state index in [1.165, 1.54) is 12.1 Å². The van der Waals surface area contributed by atoms with Crippen LogP contribution in [0.4, 0.5) is 4.39 Å². The summed E-state index contributed by atoms with van der Waals surface area (Å²) < 4.78 is 30.7. The maximum Gasteiger partial charge on any atom is 0.125 e. The molecule has 3 unspecified atom stereocenters. The first kappa shape index (κ1) is 14.8. The summed E-state index contributed by atoms with van der Waals surface area (Å²) in [6, 6.07) is 4.27.